The number of carboxylic acids is 2. The van der Waals surface area contributed by atoms with Crippen molar-refractivity contribution >= 4 is 43.8 Å². The largest absolute Gasteiger partial charge is 2.00 e. The molecule has 5 rings (SSSR count). The van der Waals surface area contributed by atoms with Crippen molar-refractivity contribution in [3.05, 3.63) is 136 Å². The van der Waals surface area contributed by atoms with E-state index in [1.165, 1.54) is 24.3 Å². The smallest absolute Gasteiger partial charge is 0.0894 e. The molecule has 0 radical (unpaired) electrons. The Balaban J connectivity index is 0.000000606. The summed E-state index contributed by atoms with van der Waals surface area (Å²) in [6.45, 7) is 0. The van der Waals surface area contributed by atoms with E-state index in [2.05, 4.69) is 46.8 Å². The van der Waals surface area contributed by atoms with Gasteiger partial charge in [0.25, 0.3) is 0 Å². The van der Waals surface area contributed by atoms with Crippen molar-refractivity contribution in [2.24, 2.45) is 0 Å². The maximum atomic E-state index is 10.2. The first kappa shape index (κ1) is 37.8. The average Bonchev–Trinajstić information content (AvgIpc) is 2.95. The third-order valence-electron chi connectivity index (χ3n) is 4.76. The van der Waals surface area contributed by atoms with E-state index in [-0.39, 0.29) is 53.2 Å². The van der Waals surface area contributed by atoms with Crippen LogP contribution in [0.5, 0.6) is 0 Å². The van der Waals surface area contributed by atoms with Gasteiger partial charge in [0.1, 0.15) is 0 Å². The van der Waals surface area contributed by atoms with Crippen molar-refractivity contribution < 1.29 is 61.9 Å². The molecule has 0 amide bonds. The van der Waals surface area contributed by atoms with Crippen LogP contribution in [0.15, 0.2) is 124 Å². The number of nitrogens with zero attached hydrogens (tertiary/aromatic N) is 3. The van der Waals surface area contributed by atoms with Gasteiger partial charge in [-0.15, -0.1) is 0 Å². The summed E-state index contributed by atoms with van der Waals surface area (Å²) in [4.78, 5) is 33.6. The Bertz CT molecular complexity index is 1370. The van der Waals surface area contributed by atoms with Gasteiger partial charge in [0.15, 0.2) is 0 Å². The third kappa shape index (κ3) is 12.9. The molecule has 9 nitrogen and oxygen atoms in total. The molecule has 0 aliphatic rings. The Kier molecular flexibility index (Phi) is 18.2. The van der Waals surface area contributed by atoms with E-state index < -0.39 is 11.9 Å². The van der Waals surface area contributed by atoms with Crippen LogP contribution in [-0.2, 0) is 11.0 Å². The Morgan fingerprint density at radius 2 is 0.854 bits per heavy atom. The average molecular weight is 903 g/mol. The summed E-state index contributed by atoms with van der Waals surface area (Å²) >= 11 is 6.36. The number of carboxylic acid groups (broad SMARTS) is 2. The minimum atomic E-state index is -1.15. The molecule has 0 saturated heterocycles. The van der Waals surface area contributed by atoms with Gasteiger partial charge in [0.05, 0.1) is 34.7 Å². The van der Waals surface area contributed by atoms with Gasteiger partial charge in [-0.05, 0) is 71.8 Å². The molecule has 0 bridgehead atoms. The second-order valence-electron chi connectivity index (χ2n) is 7.43. The predicted molar refractivity (Wildman–Crippen MR) is 149 cm³/mol. The molecule has 210 valence electrons. The molecule has 3 aromatic heterocycles. The summed E-state index contributed by atoms with van der Waals surface area (Å²) in [6, 6.07) is 30.1. The molecule has 0 saturated carbocycles. The molecule has 0 N–H and O–H groups in total. The number of hydrogen-bond donors (Lipinski definition) is 0. The van der Waals surface area contributed by atoms with E-state index in [1.54, 1.807) is 36.7 Å². The maximum Gasteiger partial charge on any atom is 0.0894 e. The Hall–Kier alpha value is -3.24. The topological polar surface area (TPSA) is 176 Å². The van der Waals surface area contributed by atoms with Crippen molar-refractivity contribution in [3.8, 4) is 22.8 Å². The molecule has 0 unspecified atom stereocenters. The molecular weight excluding hydrogens is 884 g/mol. The number of pyridine rings is 3. The van der Waals surface area contributed by atoms with Crippen LogP contribution in [0.3, 0.4) is 0 Å². The van der Waals surface area contributed by atoms with Gasteiger partial charge >= 0.3 is 0 Å². The fourth-order valence-electron chi connectivity index (χ4n) is 2.92. The van der Waals surface area contributed by atoms with Crippen LogP contribution in [0.1, 0.15) is 20.7 Å². The van der Waals surface area contributed by atoms with E-state index >= 15 is 0 Å². The summed E-state index contributed by atoms with van der Waals surface area (Å²) in [5.74, 6) is -2.29. The van der Waals surface area contributed by atoms with Crippen molar-refractivity contribution in [2.45, 2.75) is 0 Å². The number of aromatic nitrogens is 3. The summed E-state index contributed by atoms with van der Waals surface area (Å²) in [7, 11) is 0. The summed E-state index contributed by atoms with van der Waals surface area (Å²) in [5, 5.41) is 20.4. The molecule has 0 spiro atoms. The second kappa shape index (κ2) is 19.8. The molecular formula is C29H19Br2N3O6U-6. The maximum absolute atomic E-state index is 10.2. The van der Waals surface area contributed by atoms with Gasteiger partial charge in [-0.1, -0.05) is 74.3 Å². The molecule has 2 aromatic carbocycles. The number of halogens is 2. The first-order chi connectivity index (χ1) is 18.3. The summed E-state index contributed by atoms with van der Waals surface area (Å²) in [6.07, 6.45) is 3.54. The van der Waals surface area contributed by atoms with E-state index in [0.717, 1.165) is 31.7 Å². The van der Waals surface area contributed by atoms with Crippen molar-refractivity contribution in [2.75, 3.05) is 0 Å². The fraction of sp³-hybridized carbons (Fsp3) is 0. The van der Waals surface area contributed by atoms with E-state index in [0.29, 0.717) is 0 Å². The zero-order valence-corrected chi connectivity index (χ0v) is 28.4. The van der Waals surface area contributed by atoms with Gasteiger partial charge in [-0.3, -0.25) is 9.97 Å². The molecule has 41 heavy (non-hydrogen) atoms. The van der Waals surface area contributed by atoms with Crippen LogP contribution in [0.25, 0.3) is 22.8 Å². The van der Waals surface area contributed by atoms with Gasteiger partial charge in [0, 0.05) is 52.5 Å². The minimum Gasteiger partial charge on any atom is -2.00 e. The quantitative estimate of drug-likeness (QED) is 0.254. The third-order valence-corrected chi connectivity index (χ3v) is 5.82. The van der Waals surface area contributed by atoms with E-state index in [9.17, 15) is 19.8 Å². The standard InChI is InChI=1S/C15H11N3.2C7H5BrO2.2O.U/c1-3-10-16-12(6-1)14-8-5-9-15(18-14)13-7-2-4-11-17-13;2*8-6-3-1-5(2-4-6)7(9)10;;;/h1-11H;2*1-4H,(H,9,10);;;/q;;;2*-2;/p-2. The molecule has 0 fully saturated rings. The summed E-state index contributed by atoms with van der Waals surface area (Å²) < 4.78 is 1.72. The molecule has 0 aliphatic heterocycles. The first-order valence-electron chi connectivity index (χ1n) is 11.1. The Morgan fingerprint density at radius 1 is 0.512 bits per heavy atom. The second-order valence-corrected chi connectivity index (χ2v) is 9.26. The number of rotatable bonds is 4. The van der Waals surface area contributed by atoms with Crippen LogP contribution in [0, 0.1) is 31.1 Å². The van der Waals surface area contributed by atoms with Gasteiger partial charge in [-0.25, -0.2) is 4.98 Å². The van der Waals surface area contributed by atoms with Crippen molar-refractivity contribution in [1.29, 1.82) is 0 Å². The fourth-order valence-corrected chi connectivity index (χ4v) is 3.45. The van der Waals surface area contributed by atoms with Crippen LogP contribution >= 0.6 is 31.9 Å². The van der Waals surface area contributed by atoms with Crippen LogP contribution in [0.4, 0.5) is 0 Å². The van der Waals surface area contributed by atoms with Gasteiger partial charge in [0.2, 0.25) is 0 Å². The number of benzene rings is 2. The van der Waals surface area contributed by atoms with Gasteiger partial charge in [-0.2, -0.15) is 0 Å². The van der Waals surface area contributed by atoms with E-state index in [4.69, 9.17) is 0 Å². The molecule has 0 aliphatic carbocycles. The van der Waals surface area contributed by atoms with Crippen LogP contribution < -0.4 is 10.2 Å². The normalized spacial score (nSPS) is 9.02. The zero-order chi connectivity index (χ0) is 27.3. The number of carbonyl (C=O) groups excluding carboxylic acids is 2. The summed E-state index contributed by atoms with van der Waals surface area (Å²) in [5.41, 5.74) is 3.86. The number of hydrogen-bond acceptors (Lipinski definition) is 7. The van der Waals surface area contributed by atoms with Gasteiger partial charge < -0.3 is 30.8 Å². The predicted octanol–water partition coefficient (Wildman–Crippen LogP) is 4.59. The Labute approximate surface area is 277 Å². The number of aromatic carboxylic acids is 2. The molecule has 5 aromatic rings. The van der Waals surface area contributed by atoms with E-state index in [1.807, 2.05) is 54.6 Å². The molecule has 0 atom stereocenters. The molecule has 3 heterocycles. The monoisotopic (exact) mass is 901 g/mol. The minimum absolute atomic E-state index is 0. The zero-order valence-electron chi connectivity index (χ0n) is 21.0. The van der Waals surface area contributed by atoms with Crippen molar-refractivity contribution in [1.82, 2.24) is 15.0 Å². The molecule has 12 heteroatoms. The van der Waals surface area contributed by atoms with Crippen LogP contribution in [-0.4, -0.2) is 26.9 Å². The van der Waals surface area contributed by atoms with Crippen LogP contribution in [0.2, 0.25) is 0 Å². The first-order valence-corrected chi connectivity index (χ1v) is 12.7. The number of carbonyl (C=O) groups is 2. The van der Waals surface area contributed by atoms with Crippen molar-refractivity contribution in [3.63, 3.8) is 0 Å². The Morgan fingerprint density at radius 3 is 1.15 bits per heavy atom. The SMILES string of the molecule is O=C([O-])c1ccc(Br)cc1.O=C([O-])c1ccc(Br)cc1.[O-2].[O-2].[U].c1ccc(-c2cccc(-c3ccccn3)n2)nc1.